The van der Waals surface area contributed by atoms with Crippen molar-refractivity contribution in [1.29, 1.82) is 0 Å². The SMILES string of the molecule is CC(C)NCc1cc(S(=O)(=O)Nc2nccs2)c(Br)s1. The van der Waals surface area contributed by atoms with Crippen molar-refractivity contribution in [2.75, 3.05) is 4.72 Å². The average Bonchev–Trinajstić information content (AvgIpc) is 2.95. The molecule has 0 atom stereocenters. The van der Waals surface area contributed by atoms with E-state index < -0.39 is 10.0 Å². The van der Waals surface area contributed by atoms with Gasteiger partial charge in [-0.3, -0.25) is 4.72 Å². The Morgan fingerprint density at radius 1 is 1.45 bits per heavy atom. The molecule has 0 spiro atoms. The molecule has 2 aromatic rings. The number of sulfonamides is 1. The molecule has 0 saturated carbocycles. The van der Waals surface area contributed by atoms with Crippen LogP contribution < -0.4 is 10.0 Å². The van der Waals surface area contributed by atoms with Gasteiger partial charge in [0.05, 0.1) is 3.79 Å². The summed E-state index contributed by atoms with van der Waals surface area (Å²) in [6.45, 7) is 4.74. The molecular weight excluding hydrogens is 382 g/mol. The van der Waals surface area contributed by atoms with Crippen LogP contribution in [0.2, 0.25) is 0 Å². The number of nitrogens with zero attached hydrogens (tertiary/aromatic N) is 1. The third kappa shape index (κ3) is 4.01. The maximum atomic E-state index is 12.3. The fourth-order valence-electron chi connectivity index (χ4n) is 1.42. The minimum absolute atomic E-state index is 0.248. The monoisotopic (exact) mass is 395 g/mol. The van der Waals surface area contributed by atoms with Crippen LogP contribution in [0.5, 0.6) is 0 Å². The van der Waals surface area contributed by atoms with Crippen LogP contribution in [0.4, 0.5) is 5.13 Å². The summed E-state index contributed by atoms with van der Waals surface area (Å²) in [5.41, 5.74) is 0. The minimum atomic E-state index is -3.60. The smallest absolute Gasteiger partial charge is 0.265 e. The molecular formula is C11H14BrN3O2S3. The molecule has 20 heavy (non-hydrogen) atoms. The summed E-state index contributed by atoms with van der Waals surface area (Å²) in [6, 6.07) is 2.03. The first-order chi connectivity index (χ1) is 9.38. The fraction of sp³-hybridized carbons (Fsp3) is 0.364. The normalized spacial score (nSPS) is 12.0. The second kappa shape index (κ2) is 6.52. The van der Waals surface area contributed by atoms with Crippen molar-refractivity contribution in [1.82, 2.24) is 10.3 Å². The Morgan fingerprint density at radius 2 is 2.20 bits per heavy atom. The zero-order valence-electron chi connectivity index (χ0n) is 10.9. The third-order valence-electron chi connectivity index (χ3n) is 2.33. The van der Waals surface area contributed by atoms with E-state index >= 15 is 0 Å². The Labute approximate surface area is 134 Å². The third-order valence-corrected chi connectivity index (χ3v) is 6.74. The van der Waals surface area contributed by atoms with Crippen molar-refractivity contribution in [3.63, 3.8) is 0 Å². The maximum absolute atomic E-state index is 12.3. The number of thiophene rings is 1. The first-order valence-corrected chi connectivity index (χ1v) is 9.79. The van der Waals surface area contributed by atoms with Gasteiger partial charge in [-0.15, -0.1) is 22.7 Å². The Hall–Kier alpha value is -0.480. The largest absolute Gasteiger partial charge is 0.310 e. The van der Waals surface area contributed by atoms with E-state index in [1.54, 1.807) is 17.6 Å². The zero-order chi connectivity index (χ0) is 14.8. The molecule has 0 aliphatic rings. The molecule has 0 aliphatic carbocycles. The molecule has 5 nitrogen and oxygen atoms in total. The molecule has 0 fully saturated rings. The Kier molecular flexibility index (Phi) is 5.19. The minimum Gasteiger partial charge on any atom is -0.310 e. The number of nitrogens with one attached hydrogen (secondary N) is 2. The summed E-state index contributed by atoms with van der Waals surface area (Å²) in [7, 11) is -3.60. The predicted octanol–water partition coefficient (Wildman–Crippen LogP) is 3.27. The van der Waals surface area contributed by atoms with Gasteiger partial charge >= 0.3 is 0 Å². The molecule has 2 rings (SSSR count). The molecule has 0 saturated heterocycles. The van der Waals surface area contributed by atoms with Gasteiger partial charge in [0.15, 0.2) is 5.13 Å². The second-order valence-corrected chi connectivity index (χ2v) is 9.33. The number of thiazole rings is 1. The van der Waals surface area contributed by atoms with Gasteiger partial charge in [0.2, 0.25) is 0 Å². The van der Waals surface area contributed by atoms with Crippen LogP contribution in [0.1, 0.15) is 18.7 Å². The Bertz CT molecular complexity index is 665. The second-order valence-electron chi connectivity index (χ2n) is 4.33. The van der Waals surface area contributed by atoms with Crippen molar-refractivity contribution < 1.29 is 8.42 Å². The molecule has 110 valence electrons. The summed E-state index contributed by atoms with van der Waals surface area (Å²) in [5, 5.41) is 5.35. The van der Waals surface area contributed by atoms with Crippen LogP contribution in [0.25, 0.3) is 0 Å². The van der Waals surface area contributed by atoms with Crippen LogP contribution in [-0.4, -0.2) is 19.4 Å². The molecule has 0 bridgehead atoms. The highest BCUT2D eigenvalue weighted by Gasteiger charge is 2.21. The van der Waals surface area contributed by atoms with Crippen molar-refractivity contribution >= 4 is 53.8 Å². The van der Waals surface area contributed by atoms with Gasteiger partial charge in [0.1, 0.15) is 4.90 Å². The van der Waals surface area contributed by atoms with E-state index in [-0.39, 0.29) is 4.90 Å². The van der Waals surface area contributed by atoms with Gasteiger partial charge < -0.3 is 5.32 Å². The number of aromatic nitrogens is 1. The summed E-state index contributed by atoms with van der Waals surface area (Å²) < 4.78 is 27.6. The standard InChI is InChI=1S/C11H14BrN3O2S3/c1-7(2)14-6-8-5-9(10(12)19-8)20(16,17)15-11-13-3-4-18-11/h3-5,7,14H,6H2,1-2H3,(H,13,15). The van der Waals surface area contributed by atoms with Gasteiger partial charge in [-0.1, -0.05) is 13.8 Å². The lowest BCUT2D eigenvalue weighted by atomic mass is 10.4. The highest BCUT2D eigenvalue weighted by Crippen LogP contribution is 2.33. The van der Waals surface area contributed by atoms with Crippen LogP contribution in [-0.2, 0) is 16.6 Å². The topological polar surface area (TPSA) is 71.1 Å². The average molecular weight is 396 g/mol. The first kappa shape index (κ1) is 15.9. The summed E-state index contributed by atoms with van der Waals surface area (Å²) >= 11 is 5.98. The van der Waals surface area contributed by atoms with E-state index in [2.05, 4.69) is 31.0 Å². The maximum Gasteiger partial charge on any atom is 0.265 e. The lowest BCUT2D eigenvalue weighted by Gasteiger charge is -2.05. The van der Waals surface area contributed by atoms with E-state index in [4.69, 9.17) is 0 Å². The number of rotatable bonds is 6. The van der Waals surface area contributed by atoms with Gasteiger partial charge in [0, 0.05) is 29.0 Å². The van der Waals surface area contributed by atoms with E-state index in [1.165, 1.54) is 22.7 Å². The first-order valence-electron chi connectivity index (χ1n) is 5.82. The number of hydrogen-bond donors (Lipinski definition) is 2. The van der Waals surface area contributed by atoms with Crippen molar-refractivity contribution in [2.24, 2.45) is 0 Å². The number of hydrogen-bond acceptors (Lipinski definition) is 6. The lowest BCUT2D eigenvalue weighted by molar-refractivity contribution is 0.592. The lowest BCUT2D eigenvalue weighted by Crippen LogP contribution is -2.21. The van der Waals surface area contributed by atoms with Crippen molar-refractivity contribution in [3.8, 4) is 0 Å². The molecule has 0 unspecified atom stereocenters. The number of anilines is 1. The predicted molar refractivity (Wildman–Crippen MR) is 86.9 cm³/mol. The molecule has 0 radical (unpaired) electrons. The highest BCUT2D eigenvalue weighted by atomic mass is 79.9. The molecule has 0 amide bonds. The van der Waals surface area contributed by atoms with Gasteiger partial charge in [0.25, 0.3) is 10.0 Å². The van der Waals surface area contributed by atoms with Gasteiger partial charge in [-0.25, -0.2) is 13.4 Å². The zero-order valence-corrected chi connectivity index (χ0v) is 14.9. The van der Waals surface area contributed by atoms with Gasteiger partial charge in [-0.05, 0) is 22.0 Å². The molecule has 2 N–H and O–H groups in total. The number of halogens is 1. The fourth-order valence-corrected chi connectivity index (χ4v) is 5.84. The quantitative estimate of drug-likeness (QED) is 0.786. The van der Waals surface area contributed by atoms with Crippen LogP contribution >= 0.6 is 38.6 Å². The summed E-state index contributed by atoms with van der Waals surface area (Å²) in [6.07, 6.45) is 1.56. The van der Waals surface area contributed by atoms with E-state index in [0.29, 0.717) is 21.5 Å². The molecule has 2 heterocycles. The van der Waals surface area contributed by atoms with Gasteiger partial charge in [-0.2, -0.15) is 0 Å². The molecule has 0 aromatic carbocycles. The van der Waals surface area contributed by atoms with E-state index in [0.717, 1.165) is 4.88 Å². The van der Waals surface area contributed by atoms with Crippen LogP contribution in [0.15, 0.2) is 26.3 Å². The molecule has 2 aromatic heterocycles. The van der Waals surface area contributed by atoms with Crippen LogP contribution in [0.3, 0.4) is 0 Å². The molecule has 9 heteroatoms. The summed E-state index contributed by atoms with van der Waals surface area (Å²) in [4.78, 5) is 5.14. The summed E-state index contributed by atoms with van der Waals surface area (Å²) in [5.74, 6) is 0. The van der Waals surface area contributed by atoms with Crippen molar-refractivity contribution in [3.05, 3.63) is 26.3 Å². The van der Waals surface area contributed by atoms with E-state index in [1.807, 2.05) is 13.8 Å². The highest BCUT2D eigenvalue weighted by molar-refractivity contribution is 9.11. The van der Waals surface area contributed by atoms with E-state index in [9.17, 15) is 8.42 Å². The molecule has 0 aliphatic heterocycles. The Morgan fingerprint density at radius 3 is 2.80 bits per heavy atom. The van der Waals surface area contributed by atoms with Crippen LogP contribution in [0, 0.1) is 0 Å². The Balaban J connectivity index is 2.19. The van der Waals surface area contributed by atoms with Crippen molar-refractivity contribution in [2.45, 2.75) is 31.3 Å².